The van der Waals surface area contributed by atoms with Gasteiger partial charge in [0.2, 0.25) is 5.95 Å². The number of halogens is 1. The molecule has 1 N–H and O–H groups in total. The Morgan fingerprint density at radius 3 is 2.50 bits per heavy atom. The third kappa shape index (κ3) is 3.90. The van der Waals surface area contributed by atoms with Gasteiger partial charge in [-0.1, -0.05) is 6.92 Å². The lowest BCUT2D eigenvalue weighted by atomic mass is 10.1. The molecule has 0 fully saturated rings. The fourth-order valence-corrected chi connectivity index (χ4v) is 2.65. The molecule has 3 aromatic rings. The predicted molar refractivity (Wildman–Crippen MR) is 102 cm³/mol. The molecule has 6 heteroatoms. The van der Waals surface area contributed by atoms with Crippen molar-refractivity contribution in [3.8, 4) is 22.5 Å². The van der Waals surface area contributed by atoms with E-state index in [1.165, 1.54) is 12.1 Å². The zero-order valence-electron chi connectivity index (χ0n) is 15.6. The summed E-state index contributed by atoms with van der Waals surface area (Å²) in [6.45, 7) is 8.33. The zero-order chi connectivity index (χ0) is 18.7. The van der Waals surface area contributed by atoms with Gasteiger partial charge in [0.1, 0.15) is 11.5 Å². The monoisotopic (exact) mass is 353 g/mol. The molecule has 136 valence electrons. The summed E-state index contributed by atoms with van der Waals surface area (Å²) >= 11 is 0. The normalized spacial score (nSPS) is 12.4. The Morgan fingerprint density at radius 1 is 1.12 bits per heavy atom. The van der Waals surface area contributed by atoms with Crippen LogP contribution in [0.4, 0.5) is 10.3 Å². The highest BCUT2D eigenvalue weighted by molar-refractivity contribution is 5.78. The highest BCUT2D eigenvalue weighted by Crippen LogP contribution is 2.31. The maximum Gasteiger partial charge on any atom is 0.223 e. The number of anilines is 1. The second-order valence-electron chi connectivity index (χ2n) is 6.70. The van der Waals surface area contributed by atoms with E-state index in [-0.39, 0.29) is 17.9 Å². The van der Waals surface area contributed by atoms with E-state index in [4.69, 9.17) is 5.10 Å². The lowest BCUT2D eigenvalue weighted by molar-refractivity contribution is 0.479. The van der Waals surface area contributed by atoms with Crippen molar-refractivity contribution in [2.75, 3.05) is 5.32 Å². The van der Waals surface area contributed by atoms with Gasteiger partial charge in [-0.3, -0.25) is 4.68 Å². The minimum absolute atomic E-state index is 0.240. The molecular formula is C20H24FN5. The van der Waals surface area contributed by atoms with Gasteiger partial charge in [0.05, 0.1) is 5.69 Å². The summed E-state index contributed by atoms with van der Waals surface area (Å²) in [4.78, 5) is 8.91. The van der Waals surface area contributed by atoms with Gasteiger partial charge in [-0.25, -0.2) is 14.4 Å². The SMILES string of the molecule is CCC(C)n1cc(-c2ccnc(NC(C)C)n2)c(-c2ccc(F)cc2)n1. The Balaban J connectivity index is 2.10. The lowest BCUT2D eigenvalue weighted by Crippen LogP contribution is -2.12. The smallest absolute Gasteiger partial charge is 0.223 e. The molecule has 1 aromatic carbocycles. The van der Waals surface area contributed by atoms with Gasteiger partial charge in [-0.2, -0.15) is 5.10 Å². The average molecular weight is 353 g/mol. The molecule has 2 aromatic heterocycles. The minimum atomic E-state index is -0.262. The number of hydrogen-bond donors (Lipinski definition) is 1. The Morgan fingerprint density at radius 2 is 1.85 bits per heavy atom. The van der Waals surface area contributed by atoms with Crippen LogP contribution in [0.2, 0.25) is 0 Å². The van der Waals surface area contributed by atoms with Crippen LogP contribution in [0.5, 0.6) is 0 Å². The van der Waals surface area contributed by atoms with Crippen LogP contribution in [0.25, 0.3) is 22.5 Å². The van der Waals surface area contributed by atoms with Crippen LogP contribution >= 0.6 is 0 Å². The molecule has 0 aliphatic carbocycles. The first-order valence-electron chi connectivity index (χ1n) is 8.93. The largest absolute Gasteiger partial charge is 0.352 e. The molecule has 5 nitrogen and oxygen atoms in total. The van der Waals surface area contributed by atoms with Crippen molar-refractivity contribution in [3.05, 3.63) is 48.5 Å². The molecule has 0 amide bonds. The van der Waals surface area contributed by atoms with Crippen molar-refractivity contribution in [1.29, 1.82) is 0 Å². The molecule has 0 spiro atoms. The number of aromatic nitrogens is 4. The first-order chi connectivity index (χ1) is 12.5. The van der Waals surface area contributed by atoms with Gasteiger partial charge in [-0.05, 0) is 57.5 Å². The molecule has 0 radical (unpaired) electrons. The minimum Gasteiger partial charge on any atom is -0.352 e. The summed E-state index contributed by atoms with van der Waals surface area (Å²) in [5, 5.41) is 7.98. The number of hydrogen-bond acceptors (Lipinski definition) is 4. The summed E-state index contributed by atoms with van der Waals surface area (Å²) in [6, 6.07) is 8.77. The molecule has 26 heavy (non-hydrogen) atoms. The van der Waals surface area contributed by atoms with Gasteiger partial charge in [0, 0.05) is 35.6 Å². The van der Waals surface area contributed by atoms with Crippen LogP contribution in [0.3, 0.4) is 0 Å². The molecule has 0 bridgehead atoms. The van der Waals surface area contributed by atoms with E-state index in [0.717, 1.165) is 28.9 Å². The molecule has 0 saturated heterocycles. The Hall–Kier alpha value is -2.76. The maximum atomic E-state index is 13.3. The van der Waals surface area contributed by atoms with E-state index in [0.29, 0.717) is 5.95 Å². The van der Waals surface area contributed by atoms with Gasteiger partial charge >= 0.3 is 0 Å². The van der Waals surface area contributed by atoms with Crippen molar-refractivity contribution in [1.82, 2.24) is 19.7 Å². The summed E-state index contributed by atoms with van der Waals surface area (Å²) < 4.78 is 15.3. The zero-order valence-corrected chi connectivity index (χ0v) is 15.6. The molecule has 0 aliphatic heterocycles. The summed E-state index contributed by atoms with van der Waals surface area (Å²) in [7, 11) is 0. The predicted octanol–water partition coefficient (Wildman–Crippen LogP) is 4.94. The average Bonchev–Trinajstić information content (AvgIpc) is 3.07. The second kappa shape index (κ2) is 7.64. The van der Waals surface area contributed by atoms with Gasteiger partial charge in [0.15, 0.2) is 0 Å². The van der Waals surface area contributed by atoms with Gasteiger partial charge in [0.25, 0.3) is 0 Å². The fourth-order valence-electron chi connectivity index (χ4n) is 2.65. The molecule has 0 saturated carbocycles. The van der Waals surface area contributed by atoms with Crippen LogP contribution in [0, 0.1) is 5.82 Å². The Kier molecular flexibility index (Phi) is 5.30. The molecule has 0 aliphatic rings. The molecule has 1 atom stereocenters. The molecule has 2 heterocycles. The highest BCUT2D eigenvalue weighted by Gasteiger charge is 2.17. The third-order valence-electron chi connectivity index (χ3n) is 4.24. The molecule has 1 unspecified atom stereocenters. The number of nitrogens with zero attached hydrogens (tertiary/aromatic N) is 4. The van der Waals surface area contributed by atoms with Crippen LogP contribution < -0.4 is 5.32 Å². The lowest BCUT2D eigenvalue weighted by Gasteiger charge is -2.09. The molecule has 3 rings (SSSR count). The highest BCUT2D eigenvalue weighted by atomic mass is 19.1. The van der Waals surface area contributed by atoms with E-state index in [2.05, 4.69) is 29.1 Å². The Bertz CT molecular complexity index is 870. The Labute approximate surface area is 153 Å². The standard InChI is InChI=1S/C20H24FN5/c1-5-14(4)26-12-17(18-10-11-22-20(24-18)23-13(2)3)19(25-26)15-6-8-16(21)9-7-15/h6-14H,5H2,1-4H3,(H,22,23,24). The third-order valence-corrected chi connectivity index (χ3v) is 4.24. The van der Waals surface area contributed by atoms with Gasteiger partial charge in [-0.15, -0.1) is 0 Å². The van der Waals surface area contributed by atoms with Crippen LogP contribution in [-0.4, -0.2) is 25.8 Å². The van der Waals surface area contributed by atoms with Crippen molar-refractivity contribution in [2.45, 2.75) is 46.2 Å². The maximum absolute atomic E-state index is 13.3. The first kappa shape index (κ1) is 18.0. The van der Waals surface area contributed by atoms with E-state index < -0.39 is 0 Å². The topological polar surface area (TPSA) is 55.6 Å². The van der Waals surface area contributed by atoms with Crippen LogP contribution in [-0.2, 0) is 0 Å². The van der Waals surface area contributed by atoms with Crippen molar-refractivity contribution >= 4 is 5.95 Å². The summed E-state index contributed by atoms with van der Waals surface area (Å²) in [6.07, 6.45) is 4.71. The number of nitrogens with one attached hydrogen (secondary N) is 1. The van der Waals surface area contributed by atoms with Crippen LogP contribution in [0.15, 0.2) is 42.7 Å². The van der Waals surface area contributed by atoms with E-state index in [1.807, 2.05) is 30.8 Å². The van der Waals surface area contributed by atoms with E-state index >= 15 is 0 Å². The van der Waals surface area contributed by atoms with E-state index in [1.54, 1.807) is 18.3 Å². The fraction of sp³-hybridized carbons (Fsp3) is 0.350. The second-order valence-corrected chi connectivity index (χ2v) is 6.70. The van der Waals surface area contributed by atoms with Crippen LogP contribution in [0.1, 0.15) is 40.2 Å². The van der Waals surface area contributed by atoms with Crippen molar-refractivity contribution in [2.24, 2.45) is 0 Å². The quantitative estimate of drug-likeness (QED) is 0.682. The molecular weight excluding hydrogens is 329 g/mol. The number of rotatable bonds is 6. The summed E-state index contributed by atoms with van der Waals surface area (Å²) in [5.41, 5.74) is 3.35. The first-order valence-corrected chi connectivity index (χ1v) is 8.93. The van der Waals surface area contributed by atoms with Crippen molar-refractivity contribution < 1.29 is 4.39 Å². The summed E-state index contributed by atoms with van der Waals surface area (Å²) in [5.74, 6) is 0.320. The van der Waals surface area contributed by atoms with E-state index in [9.17, 15) is 4.39 Å². The number of benzene rings is 1. The van der Waals surface area contributed by atoms with Gasteiger partial charge < -0.3 is 5.32 Å². The van der Waals surface area contributed by atoms with Crippen molar-refractivity contribution in [3.63, 3.8) is 0 Å².